The first-order valence-corrected chi connectivity index (χ1v) is 44.4. The number of amides is 2. The summed E-state index contributed by atoms with van der Waals surface area (Å²) in [6.07, 6.45) is 29.1. The predicted molar refractivity (Wildman–Crippen MR) is 506 cm³/mol. The van der Waals surface area contributed by atoms with Gasteiger partial charge in [0.1, 0.15) is 29.3 Å². The van der Waals surface area contributed by atoms with Gasteiger partial charge in [-0.2, -0.15) is 0 Å². The number of nitrogens with zero attached hydrogens (tertiary/aromatic N) is 12. The number of imidazole rings is 1. The van der Waals surface area contributed by atoms with Crippen molar-refractivity contribution in [2.75, 3.05) is 146 Å². The first-order chi connectivity index (χ1) is 63.4. The second-order valence-electron chi connectivity index (χ2n) is 29.9. The number of aromatic nitrogens is 11. The van der Waals surface area contributed by atoms with E-state index in [0.717, 1.165) is 161 Å². The molecule has 10 aromatic rings. The Bertz CT molecular complexity index is 4750. The van der Waals surface area contributed by atoms with Gasteiger partial charge in [-0.05, 0) is 179 Å². The first-order valence-electron chi connectivity index (χ1n) is 44.4. The monoisotopic (exact) mass is 1800 g/mol. The molecule has 0 aliphatic carbocycles. The molecule has 4 unspecified atom stereocenters. The van der Waals surface area contributed by atoms with E-state index in [0.29, 0.717) is 80.1 Å². The molecule has 0 spiro atoms. The van der Waals surface area contributed by atoms with Crippen LogP contribution in [0.2, 0.25) is 0 Å². The van der Waals surface area contributed by atoms with Crippen molar-refractivity contribution in [3.63, 3.8) is 0 Å². The number of quaternary nitrogens is 1. The molecule has 4 atom stereocenters. The Hall–Kier alpha value is -11.9. The van der Waals surface area contributed by atoms with Crippen LogP contribution in [0.1, 0.15) is 172 Å². The molecule has 34 nitrogen and oxygen atoms in total. The van der Waals surface area contributed by atoms with E-state index in [2.05, 4.69) is 134 Å². The van der Waals surface area contributed by atoms with E-state index >= 15 is 0 Å². The maximum absolute atomic E-state index is 13.2. The number of rotatable bonds is 38. The van der Waals surface area contributed by atoms with Crippen LogP contribution in [0.3, 0.4) is 0 Å². The Morgan fingerprint density at radius 1 is 0.508 bits per heavy atom. The van der Waals surface area contributed by atoms with Crippen molar-refractivity contribution in [1.29, 1.82) is 0 Å². The third-order valence-corrected chi connectivity index (χ3v) is 21.3. The van der Waals surface area contributed by atoms with Crippen LogP contribution in [0.5, 0.6) is 29.4 Å². The Morgan fingerprint density at radius 3 is 1.35 bits per heavy atom. The minimum absolute atomic E-state index is 0.0118. The lowest BCUT2D eigenvalue weighted by molar-refractivity contribution is -0.427. The molecule has 13 rings (SSSR count). The normalized spacial score (nSPS) is 12.8. The standard InChI is InChI=1S/C25H37N5O4.C23H29N5O2.C13H22N2O3.C11H17N3.C9H14N2O.C6H7NO.C5H6N2.C4H8O3/c1-5-21(19-11-13-22(32-2)28-16-19)30(17-23(33-3)34-4)25(31)27-15-7-9-20-12-10-18-8-6-14-26-24(18)29-20;1-3-20(18-9-11-21(30-2)25-16-18)28-15-14-27(23(28)29)13-5-7-19-10-8-17-6-4-12-24-22(17)26-19;1-5-11(14-9-13(17-3)18-4)10-6-7-12(16-2)15-8-10;12-7-1-4-10-6-5-9-3-2-8-13-11(9)14-10;1-3-8(10)7-4-5-9(12-2)11-6-7;1-8-6-4-2-3-5-7-6;6-5-3-1-2-4-7-5;1-6-4(3-5)7-2/h10-13,16,21,23H,5-9,14-15,17H2,1-4H3,(H,26,29)(H,27,31);8-11,14-16,20H,3-7,12-13H2,1-2H3,(H,24,26);6-8,11,13-14H,5,9H2,1-4H3;5-6H,1-4,7-8,12H2,(H,13,14);4-6,8H,3,10H2,1-2H3;2-5H,1H3;1-4H,(H2,6,7);3-4H,1-2H3/p+1. The molecular formula is C96H141N20O14+. The molecule has 12 N–H and O–H groups in total. The fourth-order valence-corrected chi connectivity index (χ4v) is 13.8. The molecular weight excluding hydrogens is 1660 g/mol. The summed E-state index contributed by atoms with van der Waals surface area (Å²) in [6, 6.07) is 39.3. The number of urea groups is 1. The number of carbonyl (C=O) groups excluding carboxylic acids is 2. The number of carbonyl (C=O) groups is 2. The van der Waals surface area contributed by atoms with E-state index in [1.165, 1.54) is 49.3 Å². The van der Waals surface area contributed by atoms with E-state index in [-0.39, 0.29) is 36.1 Å². The summed E-state index contributed by atoms with van der Waals surface area (Å²) < 4.78 is 58.7. The summed E-state index contributed by atoms with van der Waals surface area (Å²) >= 11 is 0. The Labute approximate surface area is 767 Å². The maximum atomic E-state index is 13.2. The lowest BCUT2D eigenvalue weighted by Crippen LogP contribution is -2.53. The number of aldehydes is 1. The highest BCUT2D eigenvalue weighted by Crippen LogP contribution is 2.29. The number of fused-ring (bicyclic) bond motifs is 3. The zero-order chi connectivity index (χ0) is 94.1. The van der Waals surface area contributed by atoms with Crippen LogP contribution in [0, 0.1) is 0 Å². The largest absolute Gasteiger partial charge is 0.481 e. The van der Waals surface area contributed by atoms with Gasteiger partial charge in [-0.25, -0.2) is 54.4 Å². The van der Waals surface area contributed by atoms with Crippen molar-refractivity contribution < 1.29 is 67.4 Å². The van der Waals surface area contributed by atoms with Gasteiger partial charge in [-0.15, -0.1) is 0 Å². The van der Waals surface area contributed by atoms with Gasteiger partial charge in [0.2, 0.25) is 35.7 Å². The van der Waals surface area contributed by atoms with Crippen LogP contribution in [0.4, 0.5) is 28.1 Å². The summed E-state index contributed by atoms with van der Waals surface area (Å²) in [7, 11) is 17.2. The highest BCUT2D eigenvalue weighted by atomic mass is 16.7. The van der Waals surface area contributed by atoms with E-state index in [4.69, 9.17) is 64.1 Å². The molecule has 13 heterocycles. The van der Waals surface area contributed by atoms with Crippen molar-refractivity contribution in [2.45, 2.75) is 180 Å². The number of hydrogen-bond acceptors (Lipinski definition) is 29. The van der Waals surface area contributed by atoms with Gasteiger partial charge in [0, 0.05) is 197 Å². The lowest BCUT2D eigenvalue weighted by Gasteiger charge is -2.33. The minimum Gasteiger partial charge on any atom is -0.481 e. The van der Waals surface area contributed by atoms with Gasteiger partial charge < -0.3 is 101 Å². The Morgan fingerprint density at radius 2 is 0.969 bits per heavy atom. The van der Waals surface area contributed by atoms with Crippen LogP contribution in [0.15, 0.2) is 176 Å². The third kappa shape index (κ3) is 37.3. The average molecular weight is 1800 g/mol. The van der Waals surface area contributed by atoms with Crippen LogP contribution >= 0.6 is 0 Å². The number of hydrogen-bond donors (Lipinski definition) is 8. The summed E-state index contributed by atoms with van der Waals surface area (Å²) in [5.74, 6) is 6.74. The van der Waals surface area contributed by atoms with Gasteiger partial charge in [-0.3, -0.25) is 13.9 Å². The van der Waals surface area contributed by atoms with Gasteiger partial charge in [0.25, 0.3) is 0 Å². The molecule has 3 aliphatic rings. The predicted octanol–water partition coefficient (Wildman–Crippen LogP) is 12.4. The smallest absolute Gasteiger partial charge is 0.328 e. The second-order valence-corrected chi connectivity index (χ2v) is 29.9. The number of anilines is 4. The summed E-state index contributed by atoms with van der Waals surface area (Å²) in [6.45, 7) is 14.3. The van der Waals surface area contributed by atoms with Crippen LogP contribution < -0.4 is 73.2 Å². The number of pyridine rings is 9. The van der Waals surface area contributed by atoms with Gasteiger partial charge in [0.15, 0.2) is 18.9 Å². The van der Waals surface area contributed by atoms with E-state index in [1.807, 2.05) is 98.4 Å². The SMILES string of the molecule is CCC(NCC(OC)OC)c1ccc(OC)nc1.CCC([NH3+])c1ccc(OC)nc1.CCC(c1ccc(OC)nc1)N(CC(OC)OC)C(=O)NCCCc1ccc2c(n1)NCCC2.CCC(c1ccc(OC)nc1)n1ccn(CCCc2ccc3c(n2)NCCC3)c1=O.COC(C=O)OC.COc1ccccn1.NCCCc1ccc2c(n1)NCCC2.Nc1ccccn1. The second kappa shape index (κ2) is 62.4. The molecule has 0 aromatic carbocycles. The minimum atomic E-state index is -0.694. The van der Waals surface area contributed by atoms with Crippen molar-refractivity contribution in [3.05, 3.63) is 237 Å². The molecule has 0 saturated carbocycles. The van der Waals surface area contributed by atoms with E-state index in [9.17, 15) is 14.4 Å². The fourth-order valence-electron chi connectivity index (χ4n) is 13.8. The average Bonchev–Trinajstić information content (AvgIpc) is 1.69. The fraction of sp³-hybridized carbons (Fsp3) is 0.479. The molecule has 0 bridgehead atoms. The first kappa shape index (κ1) is 107. The summed E-state index contributed by atoms with van der Waals surface area (Å²) in [5, 5.41) is 16.6. The Balaban J connectivity index is 0.000000245. The highest BCUT2D eigenvalue weighted by Gasteiger charge is 2.28. The molecule has 0 radical (unpaired) electrons. The van der Waals surface area contributed by atoms with Crippen LogP contribution in [-0.2, 0) is 78.3 Å². The number of aryl methyl sites for hydroxylation is 7. The summed E-state index contributed by atoms with van der Waals surface area (Å²) in [4.78, 5) is 76.3. The topological polar surface area (TPSA) is 422 Å². The molecule has 0 fully saturated rings. The molecule has 34 heteroatoms. The van der Waals surface area contributed by atoms with Crippen molar-refractivity contribution in [2.24, 2.45) is 5.73 Å². The van der Waals surface area contributed by atoms with Crippen molar-refractivity contribution in [3.8, 4) is 29.4 Å². The number of methoxy groups -OCH3 is 11. The third-order valence-electron chi connectivity index (χ3n) is 21.3. The number of nitrogens with two attached hydrogens (primary N) is 2. The number of nitrogens with one attached hydrogen (secondary N) is 5. The number of ether oxygens (including phenoxy) is 11. The van der Waals surface area contributed by atoms with E-state index in [1.54, 1.807) is 121 Å². The molecule has 708 valence electrons. The Kier molecular flexibility index (Phi) is 51.3. The van der Waals surface area contributed by atoms with Crippen LogP contribution in [-0.4, -0.2) is 214 Å². The number of nitrogen functional groups attached to an aromatic ring is 1. The molecule has 3 aliphatic heterocycles. The van der Waals surface area contributed by atoms with Crippen LogP contribution in [0.25, 0.3) is 0 Å². The molecule has 0 saturated heterocycles. The molecule has 10 aromatic heterocycles. The maximum Gasteiger partial charge on any atom is 0.328 e. The zero-order valence-corrected chi connectivity index (χ0v) is 78.7. The van der Waals surface area contributed by atoms with Crippen molar-refractivity contribution >= 4 is 35.6 Å². The zero-order valence-electron chi connectivity index (χ0n) is 78.7. The lowest BCUT2D eigenvalue weighted by atomic mass is 10.0. The van der Waals surface area contributed by atoms with Gasteiger partial charge >= 0.3 is 11.7 Å². The van der Waals surface area contributed by atoms with E-state index < -0.39 is 12.6 Å². The van der Waals surface area contributed by atoms with Gasteiger partial charge in [0.05, 0.1) is 54.2 Å². The van der Waals surface area contributed by atoms with Crippen molar-refractivity contribution in [1.82, 2.24) is 69.5 Å². The highest BCUT2D eigenvalue weighted by molar-refractivity contribution is 5.75. The summed E-state index contributed by atoms with van der Waals surface area (Å²) in [5.41, 5.74) is 26.2. The quantitative estimate of drug-likeness (QED) is 0.0101. The molecule has 2 amide bonds. The van der Waals surface area contributed by atoms with Gasteiger partial charge in [-0.1, -0.05) is 76.2 Å². The molecule has 130 heavy (non-hydrogen) atoms.